The van der Waals surface area contributed by atoms with Crippen molar-refractivity contribution in [1.82, 2.24) is 10.6 Å². The van der Waals surface area contributed by atoms with Gasteiger partial charge in [-0.25, -0.2) is 4.79 Å². The predicted molar refractivity (Wildman–Crippen MR) is 106 cm³/mol. The number of nitrogens with one attached hydrogen (secondary N) is 2. The lowest BCUT2D eigenvalue weighted by molar-refractivity contribution is -0.143. The zero-order valence-corrected chi connectivity index (χ0v) is 16.1. The second-order valence-electron chi connectivity index (χ2n) is 6.43. The number of ether oxygens (including phenoxy) is 2. The first kappa shape index (κ1) is 18.2. The molecule has 0 aliphatic carbocycles. The largest absolute Gasteiger partial charge is 0.496 e. The number of carbonyl (C=O) groups is 1. The number of esters is 1. The number of hydrogen-bond acceptors (Lipinski definition) is 4. The number of carbonyl (C=O) groups excluding carboxylic acids is 1. The van der Waals surface area contributed by atoms with Gasteiger partial charge < -0.3 is 20.1 Å². The van der Waals surface area contributed by atoms with Gasteiger partial charge in [-0.15, -0.1) is 0 Å². The highest BCUT2D eigenvalue weighted by Gasteiger charge is 2.34. The van der Waals surface area contributed by atoms with Crippen LogP contribution in [0.2, 0.25) is 0 Å². The molecule has 6 heteroatoms. The quantitative estimate of drug-likeness (QED) is 0.634. The Morgan fingerprint density at radius 2 is 1.92 bits per heavy atom. The van der Waals surface area contributed by atoms with Crippen LogP contribution >= 0.6 is 12.2 Å². The van der Waals surface area contributed by atoms with E-state index in [9.17, 15) is 4.79 Å². The molecule has 0 unspecified atom stereocenters. The molecule has 0 saturated carbocycles. The van der Waals surface area contributed by atoms with Crippen LogP contribution in [-0.4, -0.2) is 24.3 Å². The lowest BCUT2D eigenvalue weighted by Crippen LogP contribution is -2.45. The molecule has 2 aromatic carbocycles. The third kappa shape index (κ3) is 3.37. The molecule has 26 heavy (non-hydrogen) atoms. The molecule has 3 rings (SSSR count). The zero-order chi connectivity index (χ0) is 18.8. The van der Waals surface area contributed by atoms with Crippen LogP contribution in [0.15, 0.2) is 47.7 Å². The first-order valence-corrected chi connectivity index (χ1v) is 8.88. The Kier molecular flexibility index (Phi) is 5.13. The minimum atomic E-state index is -0.462. The van der Waals surface area contributed by atoms with Crippen molar-refractivity contribution in [2.75, 3.05) is 7.11 Å². The molecule has 0 spiro atoms. The summed E-state index contributed by atoms with van der Waals surface area (Å²) >= 11 is 5.34. The molecule has 2 aromatic rings. The van der Waals surface area contributed by atoms with Gasteiger partial charge in [0, 0.05) is 11.3 Å². The van der Waals surface area contributed by atoms with Crippen LogP contribution in [0.4, 0.5) is 0 Å². The van der Waals surface area contributed by atoms with Gasteiger partial charge in [0.15, 0.2) is 5.11 Å². The van der Waals surface area contributed by atoms with Gasteiger partial charge in [-0.3, -0.25) is 0 Å². The Morgan fingerprint density at radius 3 is 2.62 bits per heavy atom. The molecule has 0 fully saturated rings. The monoisotopic (exact) mass is 370 g/mol. The molecule has 1 aliphatic heterocycles. The van der Waals surface area contributed by atoms with Crippen molar-refractivity contribution in [2.24, 2.45) is 0 Å². The number of thiocarbonyl (C=S) groups is 1. The minimum absolute atomic E-state index is 0.216. The molecule has 0 saturated heterocycles. The van der Waals surface area contributed by atoms with Gasteiger partial charge in [-0.1, -0.05) is 30.3 Å². The van der Waals surface area contributed by atoms with Crippen molar-refractivity contribution in [2.45, 2.75) is 32.9 Å². The number of benzene rings is 2. The third-order valence-corrected chi connectivity index (χ3v) is 4.49. The van der Waals surface area contributed by atoms with Crippen molar-refractivity contribution in [3.63, 3.8) is 0 Å². The fraction of sp³-hybridized carbons (Fsp3) is 0.300. The number of rotatable bonds is 4. The SMILES string of the molecule is COc1ccc2ccccc2c1[C@H]1NC(=S)NC(C)=C1C(=O)OC(C)C. The van der Waals surface area contributed by atoms with Gasteiger partial charge in [0.25, 0.3) is 0 Å². The Balaban J connectivity index is 2.22. The number of methoxy groups -OCH3 is 1. The lowest BCUT2D eigenvalue weighted by atomic mass is 9.90. The van der Waals surface area contributed by atoms with Crippen LogP contribution in [0, 0.1) is 0 Å². The molecule has 1 atom stereocenters. The lowest BCUT2D eigenvalue weighted by Gasteiger charge is -2.31. The van der Waals surface area contributed by atoms with Crippen LogP contribution < -0.4 is 15.4 Å². The van der Waals surface area contributed by atoms with E-state index in [1.54, 1.807) is 7.11 Å². The van der Waals surface area contributed by atoms with Gasteiger partial charge in [0.2, 0.25) is 0 Å². The highest BCUT2D eigenvalue weighted by molar-refractivity contribution is 7.80. The van der Waals surface area contributed by atoms with Crippen LogP contribution in [0.1, 0.15) is 32.4 Å². The van der Waals surface area contributed by atoms with Crippen LogP contribution in [0.25, 0.3) is 10.8 Å². The molecule has 0 radical (unpaired) electrons. The maximum atomic E-state index is 12.8. The molecule has 5 nitrogen and oxygen atoms in total. The Labute approximate surface area is 158 Å². The first-order chi connectivity index (χ1) is 12.4. The first-order valence-electron chi connectivity index (χ1n) is 8.47. The van der Waals surface area contributed by atoms with Crippen LogP contribution in [-0.2, 0) is 9.53 Å². The summed E-state index contributed by atoms with van der Waals surface area (Å²) in [7, 11) is 1.62. The van der Waals surface area contributed by atoms with Crippen molar-refractivity contribution < 1.29 is 14.3 Å². The Bertz CT molecular complexity index is 905. The van der Waals surface area contributed by atoms with E-state index in [0.717, 1.165) is 16.3 Å². The molecule has 2 N–H and O–H groups in total. The molecule has 0 bridgehead atoms. The summed E-state index contributed by atoms with van der Waals surface area (Å²) in [6.07, 6.45) is -0.216. The summed E-state index contributed by atoms with van der Waals surface area (Å²) in [5, 5.41) is 8.76. The summed E-state index contributed by atoms with van der Waals surface area (Å²) in [4.78, 5) is 12.8. The minimum Gasteiger partial charge on any atom is -0.496 e. The molecule has 0 amide bonds. The normalized spacial score (nSPS) is 17.1. The summed E-state index contributed by atoms with van der Waals surface area (Å²) in [6, 6.07) is 11.4. The summed E-state index contributed by atoms with van der Waals surface area (Å²) < 4.78 is 11.1. The van der Waals surface area contributed by atoms with Crippen LogP contribution in [0.3, 0.4) is 0 Å². The molecule has 1 aliphatic rings. The summed E-state index contributed by atoms with van der Waals surface area (Å²) in [6.45, 7) is 5.49. The topological polar surface area (TPSA) is 59.6 Å². The van der Waals surface area contributed by atoms with E-state index in [-0.39, 0.29) is 12.1 Å². The number of hydrogen-bond donors (Lipinski definition) is 2. The van der Waals surface area contributed by atoms with Crippen molar-refractivity contribution >= 4 is 34.1 Å². The molecular weight excluding hydrogens is 348 g/mol. The van der Waals surface area contributed by atoms with E-state index < -0.39 is 6.04 Å². The maximum absolute atomic E-state index is 12.8. The fourth-order valence-corrected chi connectivity index (χ4v) is 3.48. The van der Waals surface area contributed by atoms with Gasteiger partial charge in [-0.05, 0) is 49.8 Å². The predicted octanol–water partition coefficient (Wildman–Crippen LogP) is 3.59. The van der Waals surface area contributed by atoms with E-state index in [2.05, 4.69) is 10.6 Å². The van der Waals surface area contributed by atoms with E-state index in [4.69, 9.17) is 21.7 Å². The summed E-state index contributed by atoms with van der Waals surface area (Å²) in [5.74, 6) is 0.313. The standard InChI is InChI=1S/C20H22N2O3S/c1-11(2)25-19(23)16-12(3)21-20(26)22-18(16)17-14-8-6-5-7-13(14)9-10-15(17)24-4/h5-11,18H,1-4H3,(H2,21,22,26)/t18-/m0/s1. The van der Waals surface area contributed by atoms with Gasteiger partial charge in [0.05, 0.1) is 24.8 Å². The Morgan fingerprint density at radius 1 is 1.19 bits per heavy atom. The van der Waals surface area contributed by atoms with Crippen molar-refractivity contribution in [3.8, 4) is 5.75 Å². The fourth-order valence-electron chi connectivity index (χ4n) is 3.21. The zero-order valence-electron chi connectivity index (χ0n) is 15.3. The van der Waals surface area contributed by atoms with Crippen LogP contribution in [0.5, 0.6) is 5.75 Å². The smallest absolute Gasteiger partial charge is 0.338 e. The number of allylic oxidation sites excluding steroid dienone is 1. The van der Waals surface area contributed by atoms with Gasteiger partial charge >= 0.3 is 5.97 Å². The highest BCUT2D eigenvalue weighted by atomic mass is 32.1. The second kappa shape index (κ2) is 7.33. The highest BCUT2D eigenvalue weighted by Crippen LogP contribution is 2.38. The van der Waals surface area contributed by atoms with E-state index in [0.29, 0.717) is 22.1 Å². The molecular formula is C20H22N2O3S. The molecule has 1 heterocycles. The average Bonchev–Trinajstić information content (AvgIpc) is 2.59. The van der Waals surface area contributed by atoms with Gasteiger partial charge in [-0.2, -0.15) is 0 Å². The average molecular weight is 370 g/mol. The van der Waals surface area contributed by atoms with Crippen molar-refractivity contribution in [1.29, 1.82) is 0 Å². The van der Waals surface area contributed by atoms with Gasteiger partial charge in [0.1, 0.15) is 5.75 Å². The Hall–Kier alpha value is -2.60. The second-order valence-corrected chi connectivity index (χ2v) is 6.84. The summed E-state index contributed by atoms with van der Waals surface area (Å²) in [5.41, 5.74) is 2.05. The third-order valence-electron chi connectivity index (χ3n) is 4.27. The maximum Gasteiger partial charge on any atom is 0.338 e. The number of fused-ring (bicyclic) bond motifs is 1. The van der Waals surface area contributed by atoms with E-state index >= 15 is 0 Å². The molecule has 0 aromatic heterocycles. The van der Waals surface area contributed by atoms with E-state index in [1.807, 2.05) is 57.2 Å². The molecule has 136 valence electrons. The van der Waals surface area contributed by atoms with E-state index in [1.165, 1.54) is 0 Å². The van der Waals surface area contributed by atoms with Crippen molar-refractivity contribution in [3.05, 3.63) is 53.2 Å².